The fourth-order valence-corrected chi connectivity index (χ4v) is 3.90. The van der Waals surface area contributed by atoms with Crippen molar-refractivity contribution in [2.45, 2.75) is 26.4 Å². The first-order chi connectivity index (χ1) is 13.5. The standard InChI is InChI=1S/C22H25N5O/c1-22(2)15-27(19(22)20-24-11-12-26(20)3)21(28)25-14-16-7-6-8-17(13-16)18-9-4-5-10-23-18/h4-13,19H,14-15H2,1-3H3,(H,25,28). The second-order valence-corrected chi connectivity index (χ2v) is 7.99. The van der Waals surface area contributed by atoms with Gasteiger partial charge in [0, 0.05) is 49.7 Å². The Morgan fingerprint density at radius 1 is 1.18 bits per heavy atom. The van der Waals surface area contributed by atoms with Crippen molar-refractivity contribution in [1.29, 1.82) is 0 Å². The second kappa shape index (κ2) is 7.11. The quantitative estimate of drug-likeness (QED) is 0.755. The number of carbonyl (C=O) groups is 1. The molecule has 0 bridgehead atoms. The number of amides is 2. The number of aryl methyl sites for hydroxylation is 1. The summed E-state index contributed by atoms with van der Waals surface area (Å²) in [6, 6.07) is 13.9. The molecule has 3 aromatic rings. The van der Waals surface area contributed by atoms with Crippen LogP contribution in [0.5, 0.6) is 0 Å². The van der Waals surface area contributed by atoms with Crippen molar-refractivity contribution >= 4 is 6.03 Å². The molecule has 0 radical (unpaired) electrons. The first-order valence-corrected chi connectivity index (χ1v) is 9.48. The van der Waals surface area contributed by atoms with Crippen molar-refractivity contribution < 1.29 is 4.79 Å². The average molecular weight is 375 g/mol. The maximum Gasteiger partial charge on any atom is 0.318 e. The molecular formula is C22H25N5O. The zero-order valence-corrected chi connectivity index (χ0v) is 16.5. The molecule has 28 heavy (non-hydrogen) atoms. The van der Waals surface area contributed by atoms with Gasteiger partial charge in [-0.3, -0.25) is 4.98 Å². The summed E-state index contributed by atoms with van der Waals surface area (Å²) in [4.78, 5) is 23.5. The summed E-state index contributed by atoms with van der Waals surface area (Å²) < 4.78 is 1.99. The van der Waals surface area contributed by atoms with E-state index in [9.17, 15) is 4.79 Å². The summed E-state index contributed by atoms with van der Waals surface area (Å²) in [5, 5.41) is 3.06. The largest absolute Gasteiger partial charge is 0.336 e. The van der Waals surface area contributed by atoms with Gasteiger partial charge in [-0.25, -0.2) is 9.78 Å². The van der Waals surface area contributed by atoms with Crippen LogP contribution in [0.2, 0.25) is 0 Å². The summed E-state index contributed by atoms with van der Waals surface area (Å²) >= 11 is 0. The van der Waals surface area contributed by atoms with E-state index in [2.05, 4.69) is 35.2 Å². The van der Waals surface area contributed by atoms with Crippen LogP contribution in [0.1, 0.15) is 31.3 Å². The van der Waals surface area contributed by atoms with Crippen LogP contribution in [-0.4, -0.2) is 32.0 Å². The van der Waals surface area contributed by atoms with Crippen molar-refractivity contribution in [3.8, 4) is 11.3 Å². The van der Waals surface area contributed by atoms with Gasteiger partial charge in [0.25, 0.3) is 0 Å². The molecule has 6 heteroatoms. The Morgan fingerprint density at radius 2 is 2.04 bits per heavy atom. The van der Waals surface area contributed by atoms with Crippen molar-refractivity contribution in [3.05, 3.63) is 72.4 Å². The highest BCUT2D eigenvalue weighted by atomic mass is 16.2. The number of nitrogens with zero attached hydrogens (tertiary/aromatic N) is 4. The summed E-state index contributed by atoms with van der Waals surface area (Å²) in [6.45, 7) is 5.53. The number of hydrogen-bond donors (Lipinski definition) is 1. The van der Waals surface area contributed by atoms with E-state index >= 15 is 0 Å². The average Bonchev–Trinajstić information content (AvgIpc) is 3.10. The predicted molar refractivity (Wildman–Crippen MR) is 108 cm³/mol. The zero-order chi connectivity index (χ0) is 19.7. The molecule has 0 saturated carbocycles. The molecule has 4 rings (SSSR count). The number of hydrogen-bond acceptors (Lipinski definition) is 3. The topological polar surface area (TPSA) is 63.1 Å². The van der Waals surface area contributed by atoms with E-state index in [0.29, 0.717) is 13.1 Å². The number of aromatic nitrogens is 3. The third-order valence-corrected chi connectivity index (χ3v) is 5.33. The smallest absolute Gasteiger partial charge is 0.318 e. The Hall–Kier alpha value is -3.15. The normalized spacial score (nSPS) is 17.8. The number of pyridine rings is 1. The number of carbonyl (C=O) groups excluding carboxylic acids is 1. The summed E-state index contributed by atoms with van der Waals surface area (Å²) in [5.74, 6) is 0.920. The maximum absolute atomic E-state index is 12.8. The summed E-state index contributed by atoms with van der Waals surface area (Å²) in [5.41, 5.74) is 3.03. The van der Waals surface area contributed by atoms with Crippen LogP contribution in [0, 0.1) is 5.41 Å². The molecule has 1 aliphatic rings. The minimum absolute atomic E-state index is 0.00927. The molecular weight excluding hydrogens is 350 g/mol. The highest BCUT2D eigenvalue weighted by molar-refractivity contribution is 5.76. The molecule has 1 N–H and O–H groups in total. The first kappa shape index (κ1) is 18.2. The van der Waals surface area contributed by atoms with Crippen molar-refractivity contribution in [3.63, 3.8) is 0 Å². The number of rotatable bonds is 4. The maximum atomic E-state index is 12.8. The van der Waals surface area contributed by atoms with Gasteiger partial charge in [0.15, 0.2) is 0 Å². The van der Waals surface area contributed by atoms with Crippen molar-refractivity contribution in [1.82, 2.24) is 24.8 Å². The van der Waals surface area contributed by atoms with E-state index in [1.54, 1.807) is 12.4 Å². The molecule has 0 spiro atoms. The molecule has 1 aromatic carbocycles. The highest BCUT2D eigenvalue weighted by Gasteiger charge is 2.50. The fraction of sp³-hybridized carbons (Fsp3) is 0.318. The molecule has 1 fully saturated rings. The van der Waals surface area contributed by atoms with E-state index in [1.807, 2.05) is 59.1 Å². The number of urea groups is 1. The third kappa shape index (κ3) is 3.38. The minimum atomic E-state index is -0.0597. The van der Waals surface area contributed by atoms with Gasteiger partial charge in [-0.2, -0.15) is 0 Å². The number of nitrogens with one attached hydrogen (secondary N) is 1. The third-order valence-electron chi connectivity index (χ3n) is 5.33. The van der Waals surface area contributed by atoms with Crippen LogP contribution < -0.4 is 5.32 Å². The van der Waals surface area contributed by atoms with Crippen LogP contribution in [-0.2, 0) is 13.6 Å². The lowest BCUT2D eigenvalue weighted by Crippen LogP contribution is -2.60. The predicted octanol–water partition coefficient (Wildman–Crippen LogP) is 3.77. The Balaban J connectivity index is 1.44. The van der Waals surface area contributed by atoms with Gasteiger partial charge in [-0.05, 0) is 23.8 Å². The number of benzene rings is 1. The Morgan fingerprint density at radius 3 is 2.71 bits per heavy atom. The monoisotopic (exact) mass is 375 g/mol. The van der Waals surface area contributed by atoms with E-state index in [4.69, 9.17) is 0 Å². The fourth-order valence-electron chi connectivity index (χ4n) is 3.90. The molecule has 6 nitrogen and oxygen atoms in total. The molecule has 144 valence electrons. The van der Waals surface area contributed by atoms with Crippen LogP contribution in [0.3, 0.4) is 0 Å². The van der Waals surface area contributed by atoms with E-state index in [-0.39, 0.29) is 17.5 Å². The molecule has 1 aliphatic heterocycles. The Bertz CT molecular complexity index is 979. The van der Waals surface area contributed by atoms with E-state index < -0.39 is 0 Å². The van der Waals surface area contributed by atoms with Gasteiger partial charge in [-0.1, -0.05) is 38.1 Å². The van der Waals surface area contributed by atoms with Crippen LogP contribution in [0.25, 0.3) is 11.3 Å². The summed E-state index contributed by atoms with van der Waals surface area (Å²) in [7, 11) is 1.97. The Labute approximate surface area is 165 Å². The van der Waals surface area contributed by atoms with Gasteiger partial charge in [0.05, 0.1) is 11.7 Å². The molecule has 2 aromatic heterocycles. The molecule has 0 aliphatic carbocycles. The molecule has 1 unspecified atom stereocenters. The van der Waals surface area contributed by atoms with Crippen LogP contribution >= 0.6 is 0 Å². The molecule has 3 heterocycles. The summed E-state index contributed by atoms with van der Waals surface area (Å²) in [6.07, 6.45) is 5.49. The lowest BCUT2D eigenvalue weighted by Gasteiger charge is -2.53. The van der Waals surface area contributed by atoms with Gasteiger partial charge in [0.2, 0.25) is 0 Å². The molecule has 2 amide bonds. The van der Waals surface area contributed by atoms with Crippen LogP contribution in [0.4, 0.5) is 4.79 Å². The van der Waals surface area contributed by atoms with Crippen molar-refractivity contribution in [2.75, 3.05) is 6.54 Å². The highest BCUT2D eigenvalue weighted by Crippen LogP contribution is 2.47. The lowest BCUT2D eigenvalue weighted by molar-refractivity contribution is -0.0230. The van der Waals surface area contributed by atoms with E-state index in [0.717, 1.165) is 22.6 Å². The zero-order valence-electron chi connectivity index (χ0n) is 16.5. The minimum Gasteiger partial charge on any atom is -0.336 e. The van der Waals surface area contributed by atoms with Crippen LogP contribution in [0.15, 0.2) is 61.1 Å². The van der Waals surface area contributed by atoms with E-state index in [1.165, 1.54) is 0 Å². The van der Waals surface area contributed by atoms with Crippen molar-refractivity contribution in [2.24, 2.45) is 12.5 Å². The first-order valence-electron chi connectivity index (χ1n) is 9.48. The number of likely N-dealkylation sites (tertiary alicyclic amines) is 1. The van der Waals surface area contributed by atoms with Gasteiger partial charge in [-0.15, -0.1) is 0 Å². The second-order valence-electron chi connectivity index (χ2n) is 7.99. The molecule has 1 atom stereocenters. The lowest BCUT2D eigenvalue weighted by atomic mass is 9.74. The van der Waals surface area contributed by atoms with Gasteiger partial charge in [0.1, 0.15) is 5.82 Å². The number of imidazole rings is 1. The Kier molecular flexibility index (Phi) is 4.63. The van der Waals surface area contributed by atoms with Gasteiger partial charge >= 0.3 is 6.03 Å². The van der Waals surface area contributed by atoms with Gasteiger partial charge < -0.3 is 14.8 Å². The SMILES string of the molecule is Cn1ccnc1C1N(C(=O)NCc2cccc(-c3ccccn3)c2)CC1(C)C. The molecule has 1 saturated heterocycles.